The van der Waals surface area contributed by atoms with Gasteiger partial charge in [0, 0.05) is 11.1 Å². The van der Waals surface area contributed by atoms with Crippen molar-refractivity contribution in [2.24, 2.45) is 0 Å². The highest BCUT2D eigenvalue weighted by Gasteiger charge is 2.29. The summed E-state index contributed by atoms with van der Waals surface area (Å²) in [5.41, 5.74) is 4.17. The van der Waals surface area contributed by atoms with E-state index in [9.17, 15) is 9.59 Å². The summed E-state index contributed by atoms with van der Waals surface area (Å²) >= 11 is 0. The van der Waals surface area contributed by atoms with Gasteiger partial charge in [0.15, 0.2) is 11.6 Å². The van der Waals surface area contributed by atoms with Gasteiger partial charge in [-0.15, -0.1) is 0 Å². The Labute approximate surface area is 137 Å². The first-order valence-corrected chi connectivity index (χ1v) is 8.28. The summed E-state index contributed by atoms with van der Waals surface area (Å²) in [7, 11) is 0. The molecule has 0 saturated heterocycles. The van der Waals surface area contributed by atoms with Crippen LogP contribution >= 0.6 is 0 Å². The van der Waals surface area contributed by atoms with E-state index >= 15 is 0 Å². The fraction of sp³-hybridized carbons (Fsp3) is 0.333. The lowest BCUT2D eigenvalue weighted by molar-refractivity contribution is 0.100. The summed E-state index contributed by atoms with van der Waals surface area (Å²) in [4.78, 5) is 22.8. The van der Waals surface area contributed by atoms with E-state index < -0.39 is 0 Å². The van der Waals surface area contributed by atoms with E-state index in [0.717, 1.165) is 11.1 Å². The Bertz CT molecular complexity index is 647. The van der Waals surface area contributed by atoms with Crippen molar-refractivity contribution in [1.29, 1.82) is 0 Å². The molecule has 2 atom stereocenters. The maximum Gasteiger partial charge on any atom is 0.159 e. The van der Waals surface area contributed by atoms with Gasteiger partial charge >= 0.3 is 0 Å². The summed E-state index contributed by atoms with van der Waals surface area (Å²) < 4.78 is 0. The standard InChI is InChI=1S/C21H22O2/c1-14(22)16-6-10-18(11-7-16)20-4-3-5-21(20)19-12-8-17(9-13-19)15(2)23/h6-13,20-21H,3-5H2,1-2H3/t20-,21?/m0/s1. The summed E-state index contributed by atoms with van der Waals surface area (Å²) in [6, 6.07) is 16.1. The quantitative estimate of drug-likeness (QED) is 0.733. The second kappa shape index (κ2) is 6.49. The van der Waals surface area contributed by atoms with Crippen molar-refractivity contribution in [1.82, 2.24) is 0 Å². The lowest BCUT2D eigenvalue weighted by Crippen LogP contribution is -2.06. The minimum absolute atomic E-state index is 0.111. The van der Waals surface area contributed by atoms with Gasteiger partial charge in [0.05, 0.1) is 0 Å². The first kappa shape index (κ1) is 15.7. The first-order chi connectivity index (χ1) is 11.1. The van der Waals surface area contributed by atoms with E-state index in [1.807, 2.05) is 24.3 Å². The van der Waals surface area contributed by atoms with Crippen molar-refractivity contribution >= 4 is 11.6 Å². The molecule has 0 radical (unpaired) electrons. The summed E-state index contributed by atoms with van der Waals surface area (Å²) in [6.45, 7) is 3.20. The molecule has 1 aliphatic rings. The van der Waals surface area contributed by atoms with Crippen LogP contribution in [0.5, 0.6) is 0 Å². The molecule has 0 bridgehead atoms. The van der Waals surface area contributed by atoms with Gasteiger partial charge in [-0.25, -0.2) is 0 Å². The summed E-state index contributed by atoms with van der Waals surface area (Å²) in [5, 5.41) is 0. The van der Waals surface area contributed by atoms with Crippen LogP contribution in [0.1, 0.15) is 76.8 Å². The average Bonchev–Trinajstić information content (AvgIpc) is 3.04. The van der Waals surface area contributed by atoms with Gasteiger partial charge in [-0.3, -0.25) is 9.59 Å². The zero-order chi connectivity index (χ0) is 16.4. The van der Waals surface area contributed by atoms with E-state index in [2.05, 4.69) is 24.3 Å². The molecule has 0 heterocycles. The molecule has 1 aliphatic carbocycles. The van der Waals surface area contributed by atoms with E-state index in [-0.39, 0.29) is 11.6 Å². The van der Waals surface area contributed by atoms with Crippen LogP contribution in [0.25, 0.3) is 0 Å². The van der Waals surface area contributed by atoms with E-state index in [0.29, 0.717) is 11.8 Å². The molecule has 0 aliphatic heterocycles. The highest BCUT2D eigenvalue weighted by Crippen LogP contribution is 2.45. The fourth-order valence-electron chi connectivity index (χ4n) is 3.69. The molecule has 0 N–H and O–H groups in total. The van der Waals surface area contributed by atoms with Crippen molar-refractivity contribution in [3.63, 3.8) is 0 Å². The lowest BCUT2D eigenvalue weighted by atomic mass is 9.83. The molecule has 118 valence electrons. The van der Waals surface area contributed by atoms with Gasteiger partial charge in [-0.2, -0.15) is 0 Å². The van der Waals surface area contributed by atoms with E-state index in [1.165, 1.54) is 30.4 Å². The highest BCUT2D eigenvalue weighted by molar-refractivity contribution is 5.94. The Balaban J connectivity index is 1.84. The molecular weight excluding hydrogens is 284 g/mol. The number of ketones is 2. The molecule has 1 saturated carbocycles. The molecule has 1 fully saturated rings. The summed E-state index contributed by atoms with van der Waals surface area (Å²) in [5.74, 6) is 1.22. The predicted octanol–water partition coefficient (Wildman–Crippen LogP) is 5.14. The Kier molecular flexibility index (Phi) is 4.42. The normalized spacial score (nSPS) is 20.4. The third kappa shape index (κ3) is 3.26. The second-order valence-electron chi connectivity index (χ2n) is 6.50. The van der Waals surface area contributed by atoms with Gasteiger partial charge in [-0.05, 0) is 49.7 Å². The molecule has 0 aromatic heterocycles. The number of benzene rings is 2. The highest BCUT2D eigenvalue weighted by atomic mass is 16.1. The maximum absolute atomic E-state index is 11.4. The number of Topliss-reactive ketones (excluding diaryl/α,β-unsaturated/α-hetero) is 2. The van der Waals surface area contributed by atoms with Gasteiger partial charge in [-0.1, -0.05) is 55.0 Å². The first-order valence-electron chi connectivity index (χ1n) is 8.28. The van der Waals surface area contributed by atoms with Gasteiger partial charge < -0.3 is 0 Å². The van der Waals surface area contributed by atoms with Crippen molar-refractivity contribution in [2.45, 2.75) is 44.9 Å². The zero-order valence-corrected chi connectivity index (χ0v) is 13.7. The van der Waals surface area contributed by atoms with Gasteiger partial charge in [0.25, 0.3) is 0 Å². The molecule has 23 heavy (non-hydrogen) atoms. The second-order valence-corrected chi connectivity index (χ2v) is 6.50. The average molecular weight is 306 g/mol. The van der Waals surface area contributed by atoms with Crippen molar-refractivity contribution in [3.8, 4) is 0 Å². The Hall–Kier alpha value is -2.22. The molecular formula is C21H22O2. The van der Waals surface area contributed by atoms with Crippen LogP contribution in [0.3, 0.4) is 0 Å². The summed E-state index contributed by atoms with van der Waals surface area (Å²) in [6.07, 6.45) is 3.58. The van der Waals surface area contributed by atoms with Crippen LogP contribution in [-0.4, -0.2) is 11.6 Å². The largest absolute Gasteiger partial charge is 0.295 e. The minimum atomic E-state index is 0.111. The van der Waals surface area contributed by atoms with Crippen molar-refractivity contribution < 1.29 is 9.59 Å². The Morgan fingerprint density at radius 2 is 1.04 bits per heavy atom. The lowest BCUT2D eigenvalue weighted by Gasteiger charge is -2.21. The zero-order valence-electron chi connectivity index (χ0n) is 13.7. The number of carbonyl (C=O) groups excluding carboxylic acids is 2. The van der Waals surface area contributed by atoms with E-state index in [1.54, 1.807) is 13.8 Å². The predicted molar refractivity (Wildman–Crippen MR) is 92.2 cm³/mol. The SMILES string of the molecule is CC(=O)c1ccc(C2CCC[C@H]2c2ccc(C(C)=O)cc2)cc1. The van der Waals surface area contributed by atoms with Crippen LogP contribution in [0.15, 0.2) is 48.5 Å². The molecule has 2 aromatic rings. The van der Waals surface area contributed by atoms with Crippen LogP contribution < -0.4 is 0 Å². The number of hydrogen-bond donors (Lipinski definition) is 0. The van der Waals surface area contributed by atoms with Gasteiger partial charge in [0.1, 0.15) is 0 Å². The Morgan fingerprint density at radius 3 is 1.35 bits per heavy atom. The van der Waals surface area contributed by atoms with Crippen LogP contribution in [0.4, 0.5) is 0 Å². The van der Waals surface area contributed by atoms with Crippen LogP contribution in [-0.2, 0) is 0 Å². The van der Waals surface area contributed by atoms with Crippen LogP contribution in [0.2, 0.25) is 0 Å². The molecule has 2 aromatic carbocycles. The monoisotopic (exact) mass is 306 g/mol. The smallest absolute Gasteiger partial charge is 0.159 e. The molecule has 3 rings (SSSR count). The van der Waals surface area contributed by atoms with E-state index in [4.69, 9.17) is 0 Å². The maximum atomic E-state index is 11.4. The van der Waals surface area contributed by atoms with Crippen LogP contribution in [0, 0.1) is 0 Å². The topological polar surface area (TPSA) is 34.1 Å². The molecule has 1 unspecified atom stereocenters. The third-order valence-corrected chi connectivity index (χ3v) is 5.01. The molecule has 0 spiro atoms. The van der Waals surface area contributed by atoms with Gasteiger partial charge in [0.2, 0.25) is 0 Å². The Morgan fingerprint density at radius 1 is 0.696 bits per heavy atom. The molecule has 2 heteroatoms. The number of hydrogen-bond acceptors (Lipinski definition) is 2. The number of carbonyl (C=O) groups is 2. The fourth-order valence-corrected chi connectivity index (χ4v) is 3.69. The molecule has 0 amide bonds. The number of rotatable bonds is 4. The van der Waals surface area contributed by atoms with Crippen molar-refractivity contribution in [3.05, 3.63) is 70.8 Å². The minimum Gasteiger partial charge on any atom is -0.295 e. The van der Waals surface area contributed by atoms with Crippen molar-refractivity contribution in [2.75, 3.05) is 0 Å². The molecule has 2 nitrogen and oxygen atoms in total. The third-order valence-electron chi connectivity index (χ3n) is 5.01.